The number of nitrogens with two attached hydrogens (primary N) is 1. The van der Waals surface area contributed by atoms with E-state index >= 15 is 0 Å². The van der Waals surface area contributed by atoms with Crippen LogP contribution in [0.15, 0.2) is 42.5 Å². The molecular weight excluding hydrogens is 224 g/mol. The first kappa shape index (κ1) is 11.1. The third-order valence-corrected chi connectivity index (χ3v) is 3.12. The summed E-state index contributed by atoms with van der Waals surface area (Å²) in [5, 5.41) is 4.38. The Labute approximate surface area is 107 Å². The molecule has 0 aromatic heterocycles. The summed E-state index contributed by atoms with van der Waals surface area (Å²) in [5.74, 6) is 1.55. The van der Waals surface area contributed by atoms with Gasteiger partial charge in [-0.25, -0.2) is 5.32 Å². The maximum atomic E-state index is 6.03. The van der Waals surface area contributed by atoms with Crippen molar-refractivity contribution in [3.05, 3.63) is 53.6 Å². The molecule has 2 aromatic carbocycles. The molecule has 3 rings (SSSR count). The van der Waals surface area contributed by atoms with E-state index in [9.17, 15) is 0 Å². The fourth-order valence-electron chi connectivity index (χ4n) is 2.17. The fraction of sp³-hybridized carbons (Fsp3) is 0.200. The molecule has 18 heavy (non-hydrogen) atoms. The van der Waals surface area contributed by atoms with Crippen molar-refractivity contribution < 1.29 is 4.74 Å². The average Bonchev–Trinajstić information content (AvgIpc) is 2.41. The zero-order chi connectivity index (χ0) is 12.4. The smallest absolute Gasteiger partial charge is 0.150 e. The maximum Gasteiger partial charge on any atom is 0.150 e. The van der Waals surface area contributed by atoms with Crippen LogP contribution in [0.4, 0.5) is 5.69 Å². The zero-order valence-electron chi connectivity index (χ0n) is 10.1. The van der Waals surface area contributed by atoms with Crippen molar-refractivity contribution in [2.45, 2.75) is 13.0 Å². The molecule has 0 unspecified atom stereocenters. The molecule has 0 spiro atoms. The van der Waals surface area contributed by atoms with Gasteiger partial charge in [0, 0.05) is 13.1 Å². The second-order valence-electron chi connectivity index (χ2n) is 4.43. The van der Waals surface area contributed by atoms with Crippen LogP contribution >= 0.6 is 0 Å². The molecule has 0 atom stereocenters. The highest BCUT2D eigenvalue weighted by Gasteiger charge is 2.13. The van der Waals surface area contributed by atoms with Crippen LogP contribution in [0, 0.1) is 0 Å². The third-order valence-electron chi connectivity index (χ3n) is 3.12. The van der Waals surface area contributed by atoms with Gasteiger partial charge in [0.2, 0.25) is 0 Å². The lowest BCUT2D eigenvalue weighted by Gasteiger charge is -2.18. The van der Waals surface area contributed by atoms with E-state index in [1.807, 2.05) is 42.5 Å². The van der Waals surface area contributed by atoms with E-state index in [2.05, 4.69) is 5.32 Å². The van der Waals surface area contributed by atoms with Crippen LogP contribution in [0.2, 0.25) is 0 Å². The highest BCUT2D eigenvalue weighted by molar-refractivity contribution is 5.58. The van der Waals surface area contributed by atoms with E-state index in [0.717, 1.165) is 31.0 Å². The molecule has 3 nitrogen and oxygen atoms in total. The molecule has 0 fully saturated rings. The molecule has 0 amide bonds. The maximum absolute atomic E-state index is 6.03. The first-order valence-corrected chi connectivity index (χ1v) is 6.10. The molecule has 2 aromatic rings. The Morgan fingerprint density at radius 3 is 2.72 bits per heavy atom. The lowest BCUT2D eigenvalue weighted by Crippen LogP contribution is -2.17. The largest absolute Gasteiger partial charge is 0.455 e. The van der Waals surface area contributed by atoms with Crippen LogP contribution in [0.3, 0.4) is 0 Å². The summed E-state index contributed by atoms with van der Waals surface area (Å²) < 4.78 is 5.82. The van der Waals surface area contributed by atoms with Crippen LogP contribution < -0.4 is 15.8 Å². The molecule has 1 heterocycles. The predicted molar refractivity (Wildman–Crippen MR) is 71.8 cm³/mol. The standard InChI is InChI=1S/C15H15N2O/c16-14-8-12-10-17-7-6-11(12)9-15(14)18-13-4-2-1-3-5-13/h1-5,8-9H,6-7,10,16H2. The molecule has 1 radical (unpaired) electrons. The van der Waals surface area contributed by atoms with Gasteiger partial charge in [-0.1, -0.05) is 18.2 Å². The number of nitrogen functional groups attached to an aromatic ring is 1. The first-order valence-electron chi connectivity index (χ1n) is 6.10. The monoisotopic (exact) mass is 239 g/mol. The van der Waals surface area contributed by atoms with E-state index in [-0.39, 0.29) is 0 Å². The van der Waals surface area contributed by atoms with Crippen LogP contribution in [-0.2, 0) is 13.0 Å². The van der Waals surface area contributed by atoms with Crippen molar-refractivity contribution in [2.75, 3.05) is 12.3 Å². The number of rotatable bonds is 2. The molecule has 0 saturated carbocycles. The molecular formula is C15H15N2O. The van der Waals surface area contributed by atoms with Crippen molar-refractivity contribution in [1.29, 1.82) is 0 Å². The van der Waals surface area contributed by atoms with Gasteiger partial charge in [0.05, 0.1) is 5.69 Å². The van der Waals surface area contributed by atoms with Gasteiger partial charge in [0.1, 0.15) is 5.75 Å². The Balaban J connectivity index is 1.92. The van der Waals surface area contributed by atoms with Crippen LogP contribution in [-0.4, -0.2) is 6.54 Å². The molecule has 0 saturated heterocycles. The fourth-order valence-corrected chi connectivity index (χ4v) is 2.17. The average molecular weight is 239 g/mol. The lowest BCUT2D eigenvalue weighted by molar-refractivity contribution is 0.483. The van der Waals surface area contributed by atoms with Crippen LogP contribution in [0.25, 0.3) is 0 Å². The van der Waals surface area contributed by atoms with Crippen molar-refractivity contribution in [1.82, 2.24) is 5.32 Å². The second kappa shape index (κ2) is 4.70. The SMILES string of the molecule is Nc1cc2c(cc1Oc1ccccc1)CC[N]C2. The van der Waals surface area contributed by atoms with Gasteiger partial charge in [-0.3, -0.25) is 0 Å². The van der Waals surface area contributed by atoms with Gasteiger partial charge >= 0.3 is 0 Å². The minimum Gasteiger partial charge on any atom is -0.455 e. The van der Waals surface area contributed by atoms with Gasteiger partial charge in [0.25, 0.3) is 0 Å². The second-order valence-corrected chi connectivity index (χ2v) is 4.43. The van der Waals surface area contributed by atoms with Crippen molar-refractivity contribution >= 4 is 5.69 Å². The summed E-state index contributed by atoms with van der Waals surface area (Å²) in [6, 6.07) is 13.7. The Bertz CT molecular complexity index is 552. The van der Waals surface area contributed by atoms with Crippen molar-refractivity contribution in [3.63, 3.8) is 0 Å². The predicted octanol–water partition coefficient (Wildman–Crippen LogP) is 2.72. The summed E-state index contributed by atoms with van der Waals surface area (Å²) in [5.41, 5.74) is 9.22. The molecule has 3 heteroatoms. The summed E-state index contributed by atoms with van der Waals surface area (Å²) in [6.45, 7) is 1.66. The van der Waals surface area contributed by atoms with E-state index in [4.69, 9.17) is 10.5 Å². The highest BCUT2D eigenvalue weighted by atomic mass is 16.5. The van der Waals surface area contributed by atoms with Gasteiger partial charge in [-0.2, -0.15) is 0 Å². The molecule has 1 aliphatic rings. The van der Waals surface area contributed by atoms with E-state index in [1.54, 1.807) is 0 Å². The topological polar surface area (TPSA) is 49.4 Å². The molecule has 91 valence electrons. The molecule has 0 aliphatic carbocycles. The number of anilines is 1. The number of hydrogen-bond donors (Lipinski definition) is 1. The molecule has 1 aliphatic heterocycles. The number of hydrogen-bond acceptors (Lipinski definition) is 2. The lowest BCUT2D eigenvalue weighted by atomic mass is 10.00. The number of para-hydroxylation sites is 1. The quantitative estimate of drug-likeness (QED) is 0.819. The van der Waals surface area contributed by atoms with E-state index in [0.29, 0.717) is 5.69 Å². The first-order chi connectivity index (χ1) is 8.83. The van der Waals surface area contributed by atoms with Crippen LogP contribution in [0.5, 0.6) is 11.5 Å². The Kier molecular flexibility index (Phi) is 2.90. The van der Waals surface area contributed by atoms with Crippen molar-refractivity contribution in [3.8, 4) is 11.5 Å². The van der Waals surface area contributed by atoms with Gasteiger partial charge in [-0.05, 0) is 41.8 Å². The zero-order valence-corrected chi connectivity index (χ0v) is 10.1. The minimum absolute atomic E-state index is 0.676. The highest BCUT2D eigenvalue weighted by Crippen LogP contribution is 2.31. The number of nitrogens with zero attached hydrogens (tertiary/aromatic N) is 1. The number of fused-ring (bicyclic) bond motifs is 1. The summed E-state index contributed by atoms with van der Waals surface area (Å²) in [6.07, 6.45) is 0.973. The number of benzene rings is 2. The minimum atomic E-state index is 0.676. The Hall–Kier alpha value is -2.00. The van der Waals surface area contributed by atoms with Gasteiger partial charge < -0.3 is 10.5 Å². The van der Waals surface area contributed by atoms with Gasteiger partial charge in [-0.15, -0.1) is 0 Å². The summed E-state index contributed by atoms with van der Waals surface area (Å²) >= 11 is 0. The normalized spacial score (nSPS) is 14.0. The Morgan fingerprint density at radius 2 is 1.89 bits per heavy atom. The van der Waals surface area contributed by atoms with Gasteiger partial charge in [0.15, 0.2) is 5.75 Å². The van der Waals surface area contributed by atoms with Crippen LogP contribution in [0.1, 0.15) is 11.1 Å². The molecule has 2 N–H and O–H groups in total. The summed E-state index contributed by atoms with van der Waals surface area (Å²) in [4.78, 5) is 0. The number of ether oxygens (including phenoxy) is 1. The Morgan fingerprint density at radius 1 is 1.06 bits per heavy atom. The molecule has 0 bridgehead atoms. The third kappa shape index (κ3) is 2.17. The van der Waals surface area contributed by atoms with Crippen molar-refractivity contribution in [2.24, 2.45) is 0 Å². The van der Waals surface area contributed by atoms with E-state index in [1.165, 1.54) is 11.1 Å². The summed E-state index contributed by atoms with van der Waals surface area (Å²) in [7, 11) is 0. The van der Waals surface area contributed by atoms with E-state index < -0.39 is 0 Å².